The van der Waals surface area contributed by atoms with Crippen LogP contribution in [0.4, 0.5) is 5.82 Å². The number of nitrogen functional groups attached to an aromatic ring is 1. The molecule has 1 aliphatic rings. The van der Waals surface area contributed by atoms with Gasteiger partial charge in [0, 0.05) is 18.8 Å². The monoisotopic (exact) mass is 286 g/mol. The molecule has 1 heterocycles. The number of anilines is 1. The van der Waals surface area contributed by atoms with E-state index in [0.29, 0.717) is 12.5 Å². The number of hydrogen-bond donors (Lipinski definition) is 2. The Bertz CT molecular complexity index is 538. The van der Waals surface area contributed by atoms with Gasteiger partial charge in [0.2, 0.25) is 10.0 Å². The van der Waals surface area contributed by atoms with Crippen LogP contribution in [0.25, 0.3) is 0 Å². The summed E-state index contributed by atoms with van der Waals surface area (Å²) in [7, 11) is -3.55. The van der Waals surface area contributed by atoms with Crippen LogP contribution in [0.3, 0.4) is 0 Å². The van der Waals surface area contributed by atoms with E-state index in [2.05, 4.69) is 16.7 Å². The highest BCUT2D eigenvalue weighted by Crippen LogP contribution is 2.26. The molecule has 1 fully saturated rings. The molecule has 2 unspecified atom stereocenters. The van der Waals surface area contributed by atoms with E-state index in [1.165, 1.54) is 6.20 Å². The second kappa shape index (κ2) is 5.50. The van der Waals surface area contributed by atoms with Crippen LogP contribution in [0.2, 0.25) is 0 Å². The zero-order chi connectivity index (χ0) is 14.0. The first-order chi connectivity index (χ1) is 8.92. The predicted molar refractivity (Wildman–Crippen MR) is 74.1 cm³/mol. The van der Waals surface area contributed by atoms with Crippen molar-refractivity contribution in [2.24, 2.45) is 5.92 Å². The van der Waals surface area contributed by atoms with E-state index in [1.54, 1.807) is 4.68 Å². The fourth-order valence-corrected chi connectivity index (χ4v) is 3.92. The van der Waals surface area contributed by atoms with Crippen LogP contribution in [0, 0.1) is 5.92 Å². The first-order valence-electron chi connectivity index (χ1n) is 6.77. The minimum Gasteiger partial charge on any atom is -0.381 e. The van der Waals surface area contributed by atoms with Gasteiger partial charge in [-0.15, -0.1) is 0 Å². The standard InChI is InChI=1S/C12H22N4O2S/c1-3-6-16-8-11(12(13)14-16)19(17,18)15-10-5-4-9(2)7-10/h8-10,15H,3-7H2,1-2H3,(H2,13,14). The van der Waals surface area contributed by atoms with E-state index in [1.807, 2.05) is 6.92 Å². The Labute approximate surface area is 114 Å². The van der Waals surface area contributed by atoms with Crippen molar-refractivity contribution in [2.75, 3.05) is 5.73 Å². The molecule has 0 amide bonds. The summed E-state index contributed by atoms with van der Waals surface area (Å²) in [5.74, 6) is 0.653. The maximum atomic E-state index is 12.3. The Morgan fingerprint density at radius 2 is 2.26 bits per heavy atom. The Balaban J connectivity index is 2.14. The molecule has 0 aliphatic heterocycles. The van der Waals surface area contributed by atoms with Gasteiger partial charge < -0.3 is 5.73 Å². The fraction of sp³-hybridized carbons (Fsp3) is 0.750. The summed E-state index contributed by atoms with van der Waals surface area (Å²) in [4.78, 5) is 0.0977. The molecule has 0 bridgehead atoms. The summed E-state index contributed by atoms with van der Waals surface area (Å²) < 4.78 is 28.9. The van der Waals surface area contributed by atoms with Gasteiger partial charge in [0.05, 0.1) is 0 Å². The van der Waals surface area contributed by atoms with Crippen molar-refractivity contribution in [3.63, 3.8) is 0 Å². The summed E-state index contributed by atoms with van der Waals surface area (Å²) in [5, 5.41) is 4.03. The quantitative estimate of drug-likeness (QED) is 0.854. The van der Waals surface area contributed by atoms with Crippen molar-refractivity contribution in [2.45, 2.75) is 57.0 Å². The topological polar surface area (TPSA) is 90.0 Å². The van der Waals surface area contributed by atoms with Crippen molar-refractivity contribution >= 4 is 15.8 Å². The lowest BCUT2D eigenvalue weighted by Gasteiger charge is -2.12. The van der Waals surface area contributed by atoms with Crippen LogP contribution in [0.15, 0.2) is 11.1 Å². The molecule has 0 saturated heterocycles. The van der Waals surface area contributed by atoms with E-state index in [0.717, 1.165) is 25.7 Å². The third-order valence-electron chi connectivity index (χ3n) is 3.51. The molecule has 0 radical (unpaired) electrons. The van der Waals surface area contributed by atoms with E-state index in [-0.39, 0.29) is 16.8 Å². The SMILES string of the molecule is CCCn1cc(S(=O)(=O)NC2CCC(C)C2)c(N)n1. The van der Waals surface area contributed by atoms with Gasteiger partial charge in [0.25, 0.3) is 0 Å². The minimum absolute atomic E-state index is 0.0222. The molecule has 3 N–H and O–H groups in total. The lowest BCUT2D eigenvalue weighted by molar-refractivity contribution is 0.538. The normalized spacial score (nSPS) is 23.9. The lowest BCUT2D eigenvalue weighted by atomic mass is 10.1. The molecular weight excluding hydrogens is 264 g/mol. The molecule has 0 spiro atoms. The highest BCUT2D eigenvalue weighted by Gasteiger charge is 2.28. The van der Waals surface area contributed by atoms with Crippen molar-refractivity contribution in [3.8, 4) is 0 Å². The molecule has 2 rings (SSSR count). The number of sulfonamides is 1. The summed E-state index contributed by atoms with van der Waals surface area (Å²) >= 11 is 0. The second-order valence-electron chi connectivity index (χ2n) is 5.38. The maximum absolute atomic E-state index is 12.3. The van der Waals surface area contributed by atoms with Crippen LogP contribution >= 0.6 is 0 Å². The third-order valence-corrected chi connectivity index (χ3v) is 5.05. The van der Waals surface area contributed by atoms with Gasteiger partial charge in [-0.05, 0) is 31.6 Å². The number of hydrogen-bond acceptors (Lipinski definition) is 4. The number of aromatic nitrogens is 2. The first kappa shape index (κ1) is 14.3. The predicted octanol–water partition coefficient (Wildman–Crippen LogP) is 1.34. The molecular formula is C12H22N4O2S. The number of rotatable bonds is 5. The molecule has 1 aromatic heterocycles. The lowest BCUT2D eigenvalue weighted by Crippen LogP contribution is -2.33. The molecule has 1 saturated carbocycles. The summed E-state index contributed by atoms with van der Waals surface area (Å²) in [6, 6.07) is 0.0222. The van der Waals surface area contributed by atoms with Crippen LogP contribution in [-0.4, -0.2) is 24.2 Å². The molecule has 7 heteroatoms. The van der Waals surface area contributed by atoms with Gasteiger partial charge in [0.1, 0.15) is 4.90 Å². The van der Waals surface area contributed by atoms with Crippen molar-refractivity contribution in [1.82, 2.24) is 14.5 Å². The average Bonchev–Trinajstić information content (AvgIpc) is 2.86. The zero-order valence-corrected chi connectivity index (χ0v) is 12.3. The van der Waals surface area contributed by atoms with Crippen LogP contribution in [-0.2, 0) is 16.6 Å². The number of nitrogens with zero attached hydrogens (tertiary/aromatic N) is 2. The number of nitrogens with one attached hydrogen (secondary N) is 1. The Morgan fingerprint density at radius 1 is 1.53 bits per heavy atom. The molecule has 108 valence electrons. The van der Waals surface area contributed by atoms with Gasteiger partial charge in [-0.1, -0.05) is 13.8 Å². The summed E-state index contributed by atoms with van der Waals surface area (Å²) in [6.07, 6.45) is 5.25. The van der Waals surface area contributed by atoms with Gasteiger partial charge in [-0.25, -0.2) is 13.1 Å². The Kier molecular flexibility index (Phi) is 4.15. The zero-order valence-electron chi connectivity index (χ0n) is 11.5. The number of aryl methyl sites for hydroxylation is 1. The summed E-state index contributed by atoms with van der Waals surface area (Å²) in [5.41, 5.74) is 5.71. The van der Waals surface area contributed by atoms with Crippen molar-refractivity contribution < 1.29 is 8.42 Å². The minimum atomic E-state index is -3.55. The van der Waals surface area contributed by atoms with Crippen LogP contribution in [0.1, 0.15) is 39.5 Å². The van der Waals surface area contributed by atoms with E-state index >= 15 is 0 Å². The molecule has 6 nitrogen and oxygen atoms in total. The fourth-order valence-electron chi connectivity index (χ4n) is 2.57. The van der Waals surface area contributed by atoms with Crippen LogP contribution < -0.4 is 10.5 Å². The summed E-state index contributed by atoms with van der Waals surface area (Å²) in [6.45, 7) is 4.81. The second-order valence-corrected chi connectivity index (χ2v) is 7.06. The molecule has 0 aromatic carbocycles. The van der Waals surface area contributed by atoms with E-state index < -0.39 is 10.0 Å². The highest BCUT2D eigenvalue weighted by atomic mass is 32.2. The van der Waals surface area contributed by atoms with E-state index in [9.17, 15) is 8.42 Å². The van der Waals surface area contributed by atoms with Gasteiger partial charge in [0.15, 0.2) is 5.82 Å². The van der Waals surface area contributed by atoms with Crippen LogP contribution in [0.5, 0.6) is 0 Å². The van der Waals surface area contributed by atoms with Gasteiger partial charge in [-0.3, -0.25) is 4.68 Å². The third kappa shape index (κ3) is 3.27. The molecule has 19 heavy (non-hydrogen) atoms. The Morgan fingerprint density at radius 3 is 2.84 bits per heavy atom. The number of nitrogens with two attached hydrogens (primary N) is 1. The molecule has 1 aliphatic carbocycles. The molecule has 2 atom stereocenters. The average molecular weight is 286 g/mol. The first-order valence-corrected chi connectivity index (χ1v) is 8.26. The smallest absolute Gasteiger partial charge is 0.246 e. The van der Waals surface area contributed by atoms with Crippen molar-refractivity contribution in [1.29, 1.82) is 0 Å². The van der Waals surface area contributed by atoms with Gasteiger partial charge in [-0.2, -0.15) is 5.10 Å². The largest absolute Gasteiger partial charge is 0.381 e. The van der Waals surface area contributed by atoms with Gasteiger partial charge >= 0.3 is 0 Å². The Hall–Kier alpha value is -1.08. The van der Waals surface area contributed by atoms with Crippen molar-refractivity contribution in [3.05, 3.63) is 6.20 Å². The molecule has 1 aromatic rings. The van der Waals surface area contributed by atoms with E-state index in [4.69, 9.17) is 5.73 Å². The maximum Gasteiger partial charge on any atom is 0.246 e. The highest BCUT2D eigenvalue weighted by molar-refractivity contribution is 7.89.